The molecule has 2 nitrogen and oxygen atoms in total. The topological polar surface area (TPSA) is 34.1 Å². The lowest BCUT2D eigenvalue weighted by atomic mass is 10.0. The summed E-state index contributed by atoms with van der Waals surface area (Å²) in [5.74, 6) is -0.111. The number of hydrogen-bond donors (Lipinski definition) is 0. The third-order valence-corrected chi connectivity index (χ3v) is 4.78. The highest BCUT2D eigenvalue weighted by Crippen LogP contribution is 2.22. The molecule has 0 amide bonds. The van der Waals surface area contributed by atoms with Crippen LogP contribution in [0.4, 0.5) is 0 Å². The Kier molecular flexibility index (Phi) is 4.26. The van der Waals surface area contributed by atoms with E-state index < -0.39 is 10.8 Å². The average Bonchev–Trinajstić information content (AvgIpc) is 2.62. The van der Waals surface area contributed by atoms with Gasteiger partial charge in [-0.05, 0) is 24.3 Å². The maximum absolute atomic E-state index is 12.8. The molecule has 0 aliphatic carbocycles. The summed E-state index contributed by atoms with van der Waals surface area (Å²) >= 11 is 0. The zero-order valence-corrected chi connectivity index (χ0v) is 12.6. The van der Waals surface area contributed by atoms with Crippen LogP contribution in [-0.4, -0.2) is 9.99 Å². The van der Waals surface area contributed by atoms with E-state index in [0.717, 1.165) is 0 Å². The zero-order valence-electron chi connectivity index (χ0n) is 11.8. The number of ketones is 1. The van der Waals surface area contributed by atoms with E-state index in [2.05, 4.69) is 0 Å². The summed E-state index contributed by atoms with van der Waals surface area (Å²) in [6.45, 7) is 0. The summed E-state index contributed by atoms with van der Waals surface area (Å²) in [5, 5.41) is 0. The second-order valence-corrected chi connectivity index (χ2v) is 6.22. The maximum Gasteiger partial charge on any atom is 0.194 e. The Hall–Kier alpha value is -2.52. The standard InChI is InChI=1S/C19H14O2S/c20-19(15-9-3-1-4-10-15)17-13-7-8-14-18(17)22(21)16-11-5-2-6-12-16/h1-14H. The lowest BCUT2D eigenvalue weighted by Crippen LogP contribution is -2.06. The van der Waals surface area contributed by atoms with E-state index in [1.54, 1.807) is 48.5 Å². The summed E-state index contributed by atoms with van der Waals surface area (Å²) in [6.07, 6.45) is 0. The minimum absolute atomic E-state index is 0.111. The molecule has 0 spiro atoms. The number of rotatable bonds is 4. The first kappa shape index (κ1) is 14.4. The largest absolute Gasteiger partial charge is 0.289 e. The van der Waals surface area contributed by atoms with Crippen molar-refractivity contribution in [3.8, 4) is 0 Å². The van der Waals surface area contributed by atoms with E-state index in [1.165, 1.54) is 0 Å². The van der Waals surface area contributed by atoms with Gasteiger partial charge in [0, 0.05) is 16.0 Å². The molecule has 0 saturated carbocycles. The average molecular weight is 306 g/mol. The second kappa shape index (κ2) is 6.50. The van der Waals surface area contributed by atoms with Gasteiger partial charge in [-0.1, -0.05) is 60.7 Å². The van der Waals surface area contributed by atoms with Crippen molar-refractivity contribution in [1.29, 1.82) is 0 Å². The lowest BCUT2D eigenvalue weighted by molar-refractivity contribution is 0.103. The molecule has 3 heteroatoms. The highest BCUT2D eigenvalue weighted by molar-refractivity contribution is 7.85. The van der Waals surface area contributed by atoms with Gasteiger partial charge in [-0.3, -0.25) is 4.79 Å². The maximum atomic E-state index is 12.8. The van der Waals surface area contributed by atoms with Crippen LogP contribution in [0.25, 0.3) is 0 Å². The summed E-state index contributed by atoms with van der Waals surface area (Å²) < 4.78 is 12.8. The molecular weight excluding hydrogens is 292 g/mol. The van der Waals surface area contributed by atoms with Gasteiger partial charge in [0.15, 0.2) is 5.78 Å². The summed E-state index contributed by atoms with van der Waals surface area (Å²) in [5.41, 5.74) is 1.08. The summed E-state index contributed by atoms with van der Waals surface area (Å²) in [4.78, 5) is 13.9. The molecule has 0 radical (unpaired) electrons. The smallest absolute Gasteiger partial charge is 0.194 e. The van der Waals surface area contributed by atoms with Crippen molar-refractivity contribution in [3.63, 3.8) is 0 Å². The molecular formula is C19H14O2S. The zero-order chi connectivity index (χ0) is 15.4. The molecule has 0 N–H and O–H groups in total. The Morgan fingerprint density at radius 3 is 1.91 bits per heavy atom. The van der Waals surface area contributed by atoms with Gasteiger partial charge >= 0.3 is 0 Å². The first-order valence-corrected chi connectivity index (χ1v) is 8.08. The lowest BCUT2D eigenvalue weighted by Gasteiger charge is -2.08. The molecule has 3 aromatic carbocycles. The summed E-state index contributed by atoms with van der Waals surface area (Å²) in [7, 11) is -1.37. The third-order valence-electron chi connectivity index (χ3n) is 3.32. The van der Waals surface area contributed by atoms with Crippen LogP contribution < -0.4 is 0 Å². The van der Waals surface area contributed by atoms with E-state index in [9.17, 15) is 9.00 Å². The van der Waals surface area contributed by atoms with E-state index >= 15 is 0 Å². The van der Waals surface area contributed by atoms with Crippen molar-refractivity contribution in [2.24, 2.45) is 0 Å². The molecule has 0 fully saturated rings. The van der Waals surface area contributed by atoms with E-state index in [1.807, 2.05) is 36.4 Å². The van der Waals surface area contributed by atoms with Gasteiger partial charge in [0.25, 0.3) is 0 Å². The molecule has 0 aliphatic heterocycles. The molecule has 0 aromatic heterocycles. The van der Waals surface area contributed by atoms with Crippen LogP contribution in [0.5, 0.6) is 0 Å². The molecule has 22 heavy (non-hydrogen) atoms. The summed E-state index contributed by atoms with van der Waals surface area (Å²) in [6, 6.07) is 25.3. The Morgan fingerprint density at radius 2 is 1.23 bits per heavy atom. The Balaban J connectivity index is 2.04. The van der Waals surface area contributed by atoms with Crippen molar-refractivity contribution in [2.75, 3.05) is 0 Å². The van der Waals surface area contributed by atoms with Gasteiger partial charge in [-0.2, -0.15) is 0 Å². The molecule has 0 heterocycles. The van der Waals surface area contributed by atoms with Crippen LogP contribution in [0.15, 0.2) is 94.7 Å². The first-order valence-electron chi connectivity index (χ1n) is 6.93. The van der Waals surface area contributed by atoms with Crippen molar-refractivity contribution < 1.29 is 9.00 Å². The molecule has 0 saturated heterocycles. The van der Waals surface area contributed by atoms with Gasteiger partial charge in [-0.15, -0.1) is 0 Å². The van der Waals surface area contributed by atoms with Crippen molar-refractivity contribution in [2.45, 2.75) is 9.79 Å². The number of carbonyl (C=O) groups is 1. The van der Waals surface area contributed by atoms with Gasteiger partial charge in [-0.25, -0.2) is 4.21 Å². The molecule has 3 rings (SSSR count). The second-order valence-electron chi connectivity index (χ2n) is 4.77. The fraction of sp³-hybridized carbons (Fsp3) is 0. The van der Waals surface area contributed by atoms with Crippen LogP contribution in [0.2, 0.25) is 0 Å². The van der Waals surface area contributed by atoms with Crippen LogP contribution in [0.1, 0.15) is 15.9 Å². The molecule has 1 unspecified atom stereocenters. The van der Waals surface area contributed by atoms with Crippen LogP contribution in [-0.2, 0) is 10.8 Å². The molecule has 108 valence electrons. The SMILES string of the molecule is O=C(c1ccccc1)c1ccccc1S(=O)c1ccccc1. The van der Waals surface area contributed by atoms with Gasteiger partial charge < -0.3 is 0 Å². The molecule has 3 aromatic rings. The minimum atomic E-state index is -1.37. The van der Waals surface area contributed by atoms with Crippen LogP contribution in [0.3, 0.4) is 0 Å². The highest BCUT2D eigenvalue weighted by atomic mass is 32.2. The third kappa shape index (κ3) is 2.90. The number of benzene rings is 3. The normalized spacial score (nSPS) is 11.8. The monoisotopic (exact) mass is 306 g/mol. The first-order chi connectivity index (χ1) is 10.8. The number of carbonyl (C=O) groups excluding carboxylic acids is 1. The van der Waals surface area contributed by atoms with E-state index in [4.69, 9.17) is 0 Å². The molecule has 0 aliphatic rings. The fourth-order valence-corrected chi connectivity index (χ4v) is 3.45. The van der Waals surface area contributed by atoms with Crippen LogP contribution >= 0.6 is 0 Å². The van der Waals surface area contributed by atoms with Crippen molar-refractivity contribution >= 4 is 16.6 Å². The predicted molar refractivity (Wildman–Crippen MR) is 87.4 cm³/mol. The molecule has 1 atom stereocenters. The predicted octanol–water partition coefficient (Wildman–Crippen LogP) is 4.08. The minimum Gasteiger partial charge on any atom is -0.289 e. The van der Waals surface area contributed by atoms with Gasteiger partial charge in [0.2, 0.25) is 0 Å². The quantitative estimate of drug-likeness (QED) is 0.681. The van der Waals surface area contributed by atoms with Crippen LogP contribution in [0, 0.1) is 0 Å². The van der Waals surface area contributed by atoms with E-state index in [-0.39, 0.29) is 5.78 Å². The molecule has 0 bridgehead atoms. The number of hydrogen-bond acceptors (Lipinski definition) is 2. The Bertz CT molecular complexity index is 741. The Morgan fingerprint density at radius 1 is 0.682 bits per heavy atom. The highest BCUT2D eigenvalue weighted by Gasteiger charge is 2.17. The fourth-order valence-electron chi connectivity index (χ4n) is 2.23. The van der Waals surface area contributed by atoms with E-state index in [0.29, 0.717) is 20.9 Å². The van der Waals surface area contributed by atoms with Crippen molar-refractivity contribution in [1.82, 2.24) is 0 Å². The van der Waals surface area contributed by atoms with Gasteiger partial charge in [0.05, 0.1) is 15.7 Å². The van der Waals surface area contributed by atoms with Gasteiger partial charge in [0.1, 0.15) is 0 Å². The van der Waals surface area contributed by atoms with Crippen molar-refractivity contribution in [3.05, 3.63) is 96.1 Å². The Labute approximate surface area is 131 Å².